The summed E-state index contributed by atoms with van der Waals surface area (Å²) in [5.74, 6) is 0.395. The normalized spacial score (nSPS) is 13.5. The molecule has 0 fully saturated rings. The topological polar surface area (TPSA) is 75.7 Å². The van der Waals surface area contributed by atoms with Gasteiger partial charge in [0.15, 0.2) is 0 Å². The fraction of sp³-hybridized carbons (Fsp3) is 0.350. The molecule has 2 atom stereocenters. The highest BCUT2D eigenvalue weighted by atomic mass is 32.2. The minimum Gasteiger partial charge on any atom is -0.494 e. The lowest BCUT2D eigenvalue weighted by atomic mass is 10.1. The molecule has 0 aromatic heterocycles. The number of hydrogen-bond acceptors (Lipinski definition) is 4. The molecule has 0 aliphatic heterocycles. The second-order valence-corrected chi connectivity index (χ2v) is 8.16. The molecular weight excluding hydrogens is 364 g/mol. The van der Waals surface area contributed by atoms with Crippen LogP contribution in [0.4, 0.5) is 5.69 Å². The molecule has 27 heavy (non-hydrogen) atoms. The number of nitrogens with one attached hydrogen (secondary N) is 1. The van der Waals surface area contributed by atoms with Gasteiger partial charge < -0.3 is 10.1 Å². The maximum atomic E-state index is 12.7. The lowest BCUT2D eigenvalue weighted by molar-refractivity contribution is -0.122. The molecule has 0 saturated heterocycles. The van der Waals surface area contributed by atoms with Gasteiger partial charge in [-0.1, -0.05) is 30.3 Å². The molecule has 2 rings (SSSR count). The standard InChI is InChI=1S/C20H26N2O4S/c1-5-26-19-13-11-17(12-14-19)15(2)21-20(23)16(3)22(27(4,24)25)18-9-7-6-8-10-18/h6-16H,5H2,1-4H3,(H,21,23)/t15-,16+/m0/s1. The van der Waals surface area contributed by atoms with Crippen molar-refractivity contribution in [3.05, 3.63) is 60.2 Å². The largest absolute Gasteiger partial charge is 0.494 e. The SMILES string of the molecule is CCOc1ccc([C@H](C)NC(=O)[C@@H](C)N(c2ccccc2)S(C)(=O)=O)cc1. The summed E-state index contributed by atoms with van der Waals surface area (Å²) in [6.07, 6.45) is 1.10. The Morgan fingerprint density at radius 2 is 1.67 bits per heavy atom. The number of carbonyl (C=O) groups is 1. The molecular formula is C20H26N2O4S. The zero-order valence-electron chi connectivity index (χ0n) is 16.0. The van der Waals surface area contributed by atoms with Crippen molar-refractivity contribution in [1.29, 1.82) is 0 Å². The Morgan fingerprint density at radius 1 is 1.07 bits per heavy atom. The van der Waals surface area contributed by atoms with Gasteiger partial charge in [-0.05, 0) is 50.6 Å². The molecule has 0 radical (unpaired) electrons. The van der Waals surface area contributed by atoms with Gasteiger partial charge in [-0.3, -0.25) is 9.10 Å². The number of rotatable bonds is 8. The van der Waals surface area contributed by atoms with Crippen LogP contribution in [0.3, 0.4) is 0 Å². The summed E-state index contributed by atoms with van der Waals surface area (Å²) in [7, 11) is -3.62. The maximum absolute atomic E-state index is 12.7. The smallest absolute Gasteiger partial charge is 0.244 e. The van der Waals surface area contributed by atoms with E-state index in [2.05, 4.69) is 5.32 Å². The van der Waals surface area contributed by atoms with E-state index in [4.69, 9.17) is 4.74 Å². The fourth-order valence-electron chi connectivity index (χ4n) is 2.82. The van der Waals surface area contributed by atoms with Gasteiger partial charge in [-0.2, -0.15) is 0 Å². The van der Waals surface area contributed by atoms with Crippen molar-refractivity contribution in [2.75, 3.05) is 17.2 Å². The summed E-state index contributed by atoms with van der Waals surface area (Å²) in [4.78, 5) is 12.7. The quantitative estimate of drug-likeness (QED) is 0.751. The van der Waals surface area contributed by atoms with Gasteiger partial charge >= 0.3 is 0 Å². The number of para-hydroxylation sites is 1. The zero-order chi connectivity index (χ0) is 20.0. The molecule has 0 unspecified atom stereocenters. The number of amides is 1. The average molecular weight is 391 g/mol. The number of benzene rings is 2. The fourth-order valence-corrected chi connectivity index (χ4v) is 4.00. The van der Waals surface area contributed by atoms with Crippen molar-refractivity contribution in [1.82, 2.24) is 5.32 Å². The Morgan fingerprint density at radius 3 is 2.19 bits per heavy atom. The van der Waals surface area contributed by atoms with E-state index in [0.717, 1.165) is 21.9 Å². The van der Waals surface area contributed by atoms with Crippen molar-refractivity contribution in [2.45, 2.75) is 32.9 Å². The monoisotopic (exact) mass is 390 g/mol. The van der Waals surface area contributed by atoms with Gasteiger partial charge in [0.1, 0.15) is 11.8 Å². The van der Waals surface area contributed by atoms with Crippen molar-refractivity contribution in [2.24, 2.45) is 0 Å². The first-order chi connectivity index (χ1) is 12.7. The number of sulfonamides is 1. The van der Waals surface area contributed by atoms with E-state index >= 15 is 0 Å². The van der Waals surface area contributed by atoms with Crippen LogP contribution < -0.4 is 14.4 Å². The minimum atomic E-state index is -3.62. The van der Waals surface area contributed by atoms with E-state index in [1.807, 2.05) is 38.1 Å². The van der Waals surface area contributed by atoms with E-state index in [0.29, 0.717) is 12.3 Å². The molecule has 0 spiro atoms. The van der Waals surface area contributed by atoms with E-state index in [1.165, 1.54) is 0 Å². The van der Waals surface area contributed by atoms with Crippen LogP contribution in [0.5, 0.6) is 5.75 Å². The van der Waals surface area contributed by atoms with Crippen LogP contribution in [0, 0.1) is 0 Å². The lowest BCUT2D eigenvalue weighted by Crippen LogP contribution is -2.48. The zero-order valence-corrected chi connectivity index (χ0v) is 16.9. The van der Waals surface area contributed by atoms with E-state index in [9.17, 15) is 13.2 Å². The molecule has 2 aromatic carbocycles. The number of anilines is 1. The predicted molar refractivity (Wildman–Crippen MR) is 107 cm³/mol. The summed E-state index contributed by atoms with van der Waals surface area (Å²) in [5, 5.41) is 2.88. The second kappa shape index (κ2) is 8.90. The minimum absolute atomic E-state index is 0.271. The summed E-state index contributed by atoms with van der Waals surface area (Å²) >= 11 is 0. The molecule has 0 heterocycles. The highest BCUT2D eigenvalue weighted by Gasteiger charge is 2.29. The van der Waals surface area contributed by atoms with Crippen LogP contribution in [0.25, 0.3) is 0 Å². The van der Waals surface area contributed by atoms with Crippen LogP contribution in [0.1, 0.15) is 32.4 Å². The molecule has 7 heteroatoms. The molecule has 1 N–H and O–H groups in total. The number of hydrogen-bond donors (Lipinski definition) is 1. The second-order valence-electron chi connectivity index (χ2n) is 6.30. The van der Waals surface area contributed by atoms with Gasteiger partial charge in [-0.25, -0.2) is 8.42 Å². The molecule has 0 bridgehead atoms. The van der Waals surface area contributed by atoms with E-state index < -0.39 is 16.1 Å². The van der Waals surface area contributed by atoms with Crippen LogP contribution in [-0.2, 0) is 14.8 Å². The van der Waals surface area contributed by atoms with E-state index in [1.54, 1.807) is 37.3 Å². The van der Waals surface area contributed by atoms with Crippen LogP contribution in [0.2, 0.25) is 0 Å². The Bertz CT molecular complexity index is 851. The summed E-state index contributed by atoms with van der Waals surface area (Å²) < 4.78 is 31.1. The molecule has 0 aliphatic carbocycles. The first-order valence-electron chi connectivity index (χ1n) is 8.81. The van der Waals surface area contributed by atoms with Crippen molar-refractivity contribution >= 4 is 21.6 Å². The lowest BCUT2D eigenvalue weighted by Gasteiger charge is -2.29. The maximum Gasteiger partial charge on any atom is 0.244 e. The van der Waals surface area contributed by atoms with Gasteiger partial charge in [-0.15, -0.1) is 0 Å². The van der Waals surface area contributed by atoms with E-state index in [-0.39, 0.29) is 11.9 Å². The number of carbonyl (C=O) groups excluding carboxylic acids is 1. The van der Waals surface area contributed by atoms with Gasteiger partial charge in [0.05, 0.1) is 24.6 Å². The van der Waals surface area contributed by atoms with Crippen LogP contribution >= 0.6 is 0 Å². The Kier molecular flexibility index (Phi) is 6.85. The van der Waals surface area contributed by atoms with Gasteiger partial charge in [0.2, 0.25) is 15.9 Å². The Balaban J connectivity index is 2.15. The van der Waals surface area contributed by atoms with Gasteiger partial charge in [0, 0.05) is 0 Å². The number of nitrogens with zero attached hydrogens (tertiary/aromatic N) is 1. The average Bonchev–Trinajstić information content (AvgIpc) is 2.62. The van der Waals surface area contributed by atoms with Crippen molar-refractivity contribution < 1.29 is 17.9 Å². The summed E-state index contributed by atoms with van der Waals surface area (Å²) in [6.45, 7) is 5.93. The highest BCUT2D eigenvalue weighted by Crippen LogP contribution is 2.22. The molecule has 6 nitrogen and oxygen atoms in total. The third-order valence-electron chi connectivity index (χ3n) is 4.15. The Hall–Kier alpha value is -2.54. The molecule has 146 valence electrons. The first kappa shape index (κ1) is 20.8. The third-order valence-corrected chi connectivity index (χ3v) is 5.39. The molecule has 0 saturated carbocycles. The highest BCUT2D eigenvalue weighted by molar-refractivity contribution is 7.92. The van der Waals surface area contributed by atoms with Gasteiger partial charge in [0.25, 0.3) is 0 Å². The molecule has 2 aromatic rings. The third kappa shape index (κ3) is 5.47. The first-order valence-corrected chi connectivity index (χ1v) is 10.7. The molecule has 1 amide bonds. The Labute approximate surface area is 161 Å². The van der Waals surface area contributed by atoms with Crippen LogP contribution in [-0.4, -0.2) is 33.2 Å². The van der Waals surface area contributed by atoms with Crippen molar-refractivity contribution in [3.63, 3.8) is 0 Å². The summed E-state index contributed by atoms with van der Waals surface area (Å²) in [5.41, 5.74) is 1.36. The molecule has 0 aliphatic rings. The van der Waals surface area contributed by atoms with Crippen LogP contribution in [0.15, 0.2) is 54.6 Å². The summed E-state index contributed by atoms with van der Waals surface area (Å²) in [6, 6.07) is 14.9. The number of ether oxygens (including phenoxy) is 1. The predicted octanol–water partition coefficient (Wildman–Crippen LogP) is 3.12. The van der Waals surface area contributed by atoms with Crippen molar-refractivity contribution in [3.8, 4) is 5.75 Å².